The predicted molar refractivity (Wildman–Crippen MR) is 105 cm³/mol. The minimum Gasteiger partial charge on any atom is -0.379 e. The topological polar surface area (TPSA) is 62.9 Å². The summed E-state index contributed by atoms with van der Waals surface area (Å²) < 4.78 is 19.3. The Morgan fingerprint density at radius 3 is 2.87 bits per heavy atom. The maximum absolute atomic E-state index is 13.2. The van der Waals surface area contributed by atoms with Gasteiger partial charge in [-0.15, -0.1) is 24.0 Å². The second-order valence-electron chi connectivity index (χ2n) is 5.17. The zero-order chi connectivity index (χ0) is 15.8. The number of aliphatic imine (C=N–C) groups is 1. The molecule has 1 aliphatic heterocycles. The van der Waals surface area contributed by atoms with Crippen LogP contribution in [0.25, 0.3) is 0 Å². The van der Waals surface area contributed by atoms with E-state index in [4.69, 9.17) is 10.5 Å². The highest BCUT2D eigenvalue weighted by Gasteiger charge is 2.09. The Morgan fingerprint density at radius 2 is 2.13 bits per heavy atom. The number of ether oxygens (including phenoxy) is 1. The number of benzene rings is 1. The lowest BCUT2D eigenvalue weighted by molar-refractivity contribution is 0.0376. The Labute approximate surface area is 162 Å². The third kappa shape index (κ3) is 7.77. The van der Waals surface area contributed by atoms with Gasteiger partial charge in [-0.1, -0.05) is 15.9 Å². The molecule has 0 aromatic heterocycles. The van der Waals surface area contributed by atoms with Crippen molar-refractivity contribution in [3.8, 4) is 0 Å². The van der Waals surface area contributed by atoms with Crippen LogP contribution < -0.4 is 11.1 Å². The predicted octanol–water partition coefficient (Wildman–Crippen LogP) is 2.33. The Kier molecular flexibility index (Phi) is 10.00. The van der Waals surface area contributed by atoms with Crippen molar-refractivity contribution in [2.75, 3.05) is 39.4 Å². The van der Waals surface area contributed by atoms with E-state index in [1.165, 1.54) is 12.1 Å². The molecule has 1 aliphatic rings. The van der Waals surface area contributed by atoms with Gasteiger partial charge in [-0.2, -0.15) is 0 Å². The van der Waals surface area contributed by atoms with E-state index in [0.717, 1.165) is 55.8 Å². The van der Waals surface area contributed by atoms with E-state index in [-0.39, 0.29) is 29.8 Å². The zero-order valence-corrected chi connectivity index (χ0v) is 16.8. The number of nitrogens with two attached hydrogens (primary N) is 1. The second kappa shape index (κ2) is 11.2. The highest BCUT2D eigenvalue weighted by molar-refractivity contribution is 14.0. The van der Waals surface area contributed by atoms with E-state index in [1.54, 1.807) is 6.07 Å². The first kappa shape index (κ1) is 20.6. The third-order valence-corrected chi connectivity index (χ3v) is 4.26. The molecule has 0 spiro atoms. The lowest BCUT2D eigenvalue weighted by Crippen LogP contribution is -2.39. The average Bonchev–Trinajstić information content (AvgIpc) is 2.53. The van der Waals surface area contributed by atoms with Crippen LogP contribution in [0.15, 0.2) is 27.7 Å². The van der Waals surface area contributed by atoms with Crippen LogP contribution in [0.3, 0.4) is 0 Å². The van der Waals surface area contributed by atoms with Gasteiger partial charge < -0.3 is 15.8 Å². The molecule has 1 saturated heterocycles. The molecule has 1 aromatic rings. The number of morpholine rings is 1. The molecule has 1 heterocycles. The number of halogens is 3. The van der Waals surface area contributed by atoms with Gasteiger partial charge in [-0.25, -0.2) is 9.38 Å². The van der Waals surface area contributed by atoms with Gasteiger partial charge in [-0.3, -0.25) is 4.90 Å². The summed E-state index contributed by atoms with van der Waals surface area (Å²) in [6.07, 6.45) is 1.000. The largest absolute Gasteiger partial charge is 0.379 e. The molecular formula is C15H23BrFIN4O. The Bertz CT molecular complexity index is 512. The van der Waals surface area contributed by atoms with Gasteiger partial charge >= 0.3 is 0 Å². The first-order chi connectivity index (χ1) is 10.6. The van der Waals surface area contributed by atoms with Crippen LogP contribution in [0.4, 0.5) is 4.39 Å². The Hall–Kier alpha value is -0.450. The molecule has 0 unspecified atom stereocenters. The van der Waals surface area contributed by atoms with Crippen LogP contribution in [0.5, 0.6) is 0 Å². The highest BCUT2D eigenvalue weighted by atomic mass is 127. The molecule has 130 valence electrons. The number of rotatable bonds is 6. The molecule has 8 heteroatoms. The van der Waals surface area contributed by atoms with Gasteiger partial charge in [0.25, 0.3) is 0 Å². The zero-order valence-electron chi connectivity index (χ0n) is 12.9. The molecule has 0 atom stereocenters. The lowest BCUT2D eigenvalue weighted by Gasteiger charge is -2.26. The van der Waals surface area contributed by atoms with Crippen molar-refractivity contribution in [2.24, 2.45) is 10.7 Å². The fraction of sp³-hybridized carbons (Fsp3) is 0.533. The summed E-state index contributed by atoms with van der Waals surface area (Å²) in [5.41, 5.74) is 6.60. The molecule has 0 saturated carbocycles. The summed E-state index contributed by atoms with van der Waals surface area (Å²) >= 11 is 3.38. The molecule has 5 nitrogen and oxygen atoms in total. The molecule has 0 radical (unpaired) electrons. The fourth-order valence-electron chi connectivity index (χ4n) is 2.23. The van der Waals surface area contributed by atoms with Crippen molar-refractivity contribution in [2.45, 2.75) is 13.0 Å². The van der Waals surface area contributed by atoms with Crippen LogP contribution in [0, 0.1) is 5.82 Å². The molecule has 3 N–H and O–H groups in total. The molecule has 0 amide bonds. The Morgan fingerprint density at radius 1 is 1.39 bits per heavy atom. The van der Waals surface area contributed by atoms with Crippen molar-refractivity contribution in [3.05, 3.63) is 34.1 Å². The molecule has 1 aromatic carbocycles. The van der Waals surface area contributed by atoms with E-state index in [9.17, 15) is 4.39 Å². The van der Waals surface area contributed by atoms with Crippen molar-refractivity contribution in [1.29, 1.82) is 0 Å². The van der Waals surface area contributed by atoms with Crippen LogP contribution in [-0.2, 0) is 11.3 Å². The summed E-state index contributed by atoms with van der Waals surface area (Å²) in [5, 5.41) is 3.09. The molecule has 0 aliphatic carbocycles. The average molecular weight is 501 g/mol. The maximum atomic E-state index is 13.2. The van der Waals surface area contributed by atoms with Crippen molar-refractivity contribution < 1.29 is 9.13 Å². The van der Waals surface area contributed by atoms with E-state index >= 15 is 0 Å². The van der Waals surface area contributed by atoms with Gasteiger partial charge in [0.1, 0.15) is 5.82 Å². The van der Waals surface area contributed by atoms with E-state index < -0.39 is 0 Å². The van der Waals surface area contributed by atoms with E-state index in [0.29, 0.717) is 12.5 Å². The number of nitrogens with zero attached hydrogens (tertiary/aromatic N) is 2. The monoisotopic (exact) mass is 500 g/mol. The lowest BCUT2D eigenvalue weighted by atomic mass is 10.2. The van der Waals surface area contributed by atoms with Crippen LogP contribution in [0.2, 0.25) is 0 Å². The van der Waals surface area contributed by atoms with Gasteiger partial charge in [0.2, 0.25) is 0 Å². The minimum absolute atomic E-state index is 0. The normalized spacial score (nSPS) is 16.0. The Balaban J connectivity index is 0.00000264. The minimum atomic E-state index is -0.273. The summed E-state index contributed by atoms with van der Waals surface area (Å²) in [7, 11) is 0. The van der Waals surface area contributed by atoms with Gasteiger partial charge in [-0.05, 0) is 36.7 Å². The van der Waals surface area contributed by atoms with Gasteiger partial charge in [0.15, 0.2) is 5.96 Å². The fourth-order valence-corrected chi connectivity index (χ4v) is 2.61. The summed E-state index contributed by atoms with van der Waals surface area (Å²) in [6.45, 7) is 5.78. The van der Waals surface area contributed by atoms with Crippen LogP contribution >= 0.6 is 39.9 Å². The number of hydrogen-bond acceptors (Lipinski definition) is 3. The number of hydrogen-bond donors (Lipinski definition) is 2. The summed E-state index contributed by atoms with van der Waals surface area (Å²) in [6, 6.07) is 4.54. The molecule has 1 fully saturated rings. The quantitative estimate of drug-likeness (QED) is 0.272. The highest BCUT2D eigenvalue weighted by Crippen LogP contribution is 2.18. The molecule has 2 rings (SSSR count). The number of guanidine groups is 1. The molecule has 23 heavy (non-hydrogen) atoms. The summed E-state index contributed by atoms with van der Waals surface area (Å²) in [5.74, 6) is 0.114. The van der Waals surface area contributed by atoms with Crippen molar-refractivity contribution in [3.63, 3.8) is 0 Å². The van der Waals surface area contributed by atoms with E-state index in [1.807, 2.05) is 0 Å². The van der Waals surface area contributed by atoms with Crippen LogP contribution in [0.1, 0.15) is 12.0 Å². The van der Waals surface area contributed by atoms with Gasteiger partial charge in [0, 0.05) is 24.1 Å². The second-order valence-corrected chi connectivity index (χ2v) is 6.03. The van der Waals surface area contributed by atoms with Crippen LogP contribution in [-0.4, -0.2) is 50.3 Å². The number of nitrogens with one attached hydrogen (secondary N) is 1. The standard InChI is InChI=1S/C15H22BrFN4O.HI/c16-14-3-2-13(17)10-12(14)11-20-15(18)19-4-1-5-21-6-8-22-9-7-21;/h2-3,10H,1,4-9,11H2,(H3,18,19,20);1H. The summed E-state index contributed by atoms with van der Waals surface area (Å²) in [4.78, 5) is 6.61. The van der Waals surface area contributed by atoms with Crippen molar-refractivity contribution >= 4 is 45.9 Å². The SMILES string of the molecule is I.NC(=NCc1cc(F)ccc1Br)NCCCN1CCOCC1. The first-order valence-corrected chi connectivity index (χ1v) is 8.22. The third-order valence-electron chi connectivity index (χ3n) is 3.49. The maximum Gasteiger partial charge on any atom is 0.188 e. The smallest absolute Gasteiger partial charge is 0.188 e. The van der Waals surface area contributed by atoms with Gasteiger partial charge in [0.05, 0.1) is 19.8 Å². The van der Waals surface area contributed by atoms with E-state index in [2.05, 4.69) is 31.1 Å². The first-order valence-electron chi connectivity index (χ1n) is 7.43. The van der Waals surface area contributed by atoms with Crippen molar-refractivity contribution in [1.82, 2.24) is 10.2 Å². The molecule has 0 bridgehead atoms. The molecular weight excluding hydrogens is 478 g/mol.